The Kier molecular flexibility index (Phi) is 3.06. The molecule has 72 valence electrons. The van der Waals surface area contributed by atoms with Gasteiger partial charge < -0.3 is 4.74 Å². The van der Waals surface area contributed by atoms with Gasteiger partial charge in [-0.3, -0.25) is 4.68 Å². The van der Waals surface area contributed by atoms with Crippen LogP contribution in [0.3, 0.4) is 0 Å². The van der Waals surface area contributed by atoms with E-state index in [-0.39, 0.29) is 12.0 Å². The van der Waals surface area contributed by atoms with Gasteiger partial charge >= 0.3 is 5.97 Å². The second kappa shape index (κ2) is 4.07. The summed E-state index contributed by atoms with van der Waals surface area (Å²) in [6, 6.07) is 1.52. The standard InChI is InChI=1S/C9H14N2O2/c1-4-13-9(12)8(3)11-6-5-7(2)10-11/h5-6,8H,4H2,1-3H3/t8-/m0/s1. The van der Waals surface area contributed by atoms with Crippen LogP contribution in [0.15, 0.2) is 12.3 Å². The zero-order valence-electron chi connectivity index (χ0n) is 8.15. The molecule has 0 aliphatic carbocycles. The summed E-state index contributed by atoms with van der Waals surface area (Å²) >= 11 is 0. The van der Waals surface area contributed by atoms with E-state index >= 15 is 0 Å². The number of carbonyl (C=O) groups excluding carboxylic acids is 1. The Bertz CT molecular complexity index is 294. The number of esters is 1. The number of aromatic nitrogens is 2. The molecule has 1 rings (SSSR count). The average Bonchev–Trinajstić information content (AvgIpc) is 2.51. The molecule has 0 N–H and O–H groups in total. The van der Waals surface area contributed by atoms with Crippen LogP contribution in [0.5, 0.6) is 0 Å². The first-order valence-electron chi connectivity index (χ1n) is 4.33. The Morgan fingerprint density at radius 2 is 2.46 bits per heavy atom. The first kappa shape index (κ1) is 9.77. The third-order valence-electron chi connectivity index (χ3n) is 1.77. The molecule has 0 aliphatic rings. The van der Waals surface area contributed by atoms with Gasteiger partial charge in [0.1, 0.15) is 6.04 Å². The van der Waals surface area contributed by atoms with Crippen molar-refractivity contribution in [2.75, 3.05) is 6.61 Å². The molecule has 1 aromatic rings. The van der Waals surface area contributed by atoms with E-state index in [4.69, 9.17) is 4.74 Å². The molecule has 0 bridgehead atoms. The zero-order chi connectivity index (χ0) is 9.84. The zero-order valence-corrected chi connectivity index (χ0v) is 8.15. The van der Waals surface area contributed by atoms with Gasteiger partial charge in [0.05, 0.1) is 12.3 Å². The van der Waals surface area contributed by atoms with Gasteiger partial charge in [0.2, 0.25) is 0 Å². The number of aryl methyl sites for hydroxylation is 1. The Balaban J connectivity index is 2.67. The summed E-state index contributed by atoms with van der Waals surface area (Å²) in [5, 5.41) is 4.13. The maximum atomic E-state index is 11.3. The van der Waals surface area contributed by atoms with Crippen LogP contribution in [0.2, 0.25) is 0 Å². The van der Waals surface area contributed by atoms with Gasteiger partial charge in [-0.1, -0.05) is 0 Å². The number of nitrogens with zero attached hydrogens (tertiary/aromatic N) is 2. The van der Waals surface area contributed by atoms with Gasteiger partial charge in [0.25, 0.3) is 0 Å². The number of carbonyl (C=O) groups is 1. The maximum Gasteiger partial charge on any atom is 0.330 e. The van der Waals surface area contributed by atoms with E-state index in [0.29, 0.717) is 6.61 Å². The molecule has 1 aromatic heterocycles. The van der Waals surface area contributed by atoms with Crippen LogP contribution in [0, 0.1) is 6.92 Å². The lowest BCUT2D eigenvalue weighted by atomic mass is 10.3. The highest BCUT2D eigenvalue weighted by atomic mass is 16.5. The molecule has 1 heterocycles. The van der Waals surface area contributed by atoms with Gasteiger partial charge in [-0.05, 0) is 26.8 Å². The van der Waals surface area contributed by atoms with E-state index in [1.807, 2.05) is 13.0 Å². The second-order valence-electron chi connectivity index (χ2n) is 2.87. The molecule has 1 atom stereocenters. The van der Waals surface area contributed by atoms with Crippen molar-refractivity contribution in [3.63, 3.8) is 0 Å². The van der Waals surface area contributed by atoms with Crippen molar-refractivity contribution in [2.24, 2.45) is 0 Å². The van der Waals surface area contributed by atoms with Crippen LogP contribution in [-0.4, -0.2) is 22.4 Å². The van der Waals surface area contributed by atoms with Crippen molar-refractivity contribution in [1.29, 1.82) is 0 Å². The van der Waals surface area contributed by atoms with Crippen LogP contribution in [0.1, 0.15) is 25.6 Å². The fourth-order valence-corrected chi connectivity index (χ4v) is 1.02. The lowest BCUT2D eigenvalue weighted by Crippen LogP contribution is -2.19. The fourth-order valence-electron chi connectivity index (χ4n) is 1.02. The molecule has 0 aromatic carbocycles. The Morgan fingerprint density at radius 3 is 2.92 bits per heavy atom. The molecular formula is C9H14N2O2. The Hall–Kier alpha value is -1.32. The van der Waals surface area contributed by atoms with Gasteiger partial charge in [-0.25, -0.2) is 4.79 Å². The van der Waals surface area contributed by atoms with Crippen molar-refractivity contribution in [3.8, 4) is 0 Å². The lowest BCUT2D eigenvalue weighted by molar-refractivity contribution is -0.146. The van der Waals surface area contributed by atoms with E-state index in [0.717, 1.165) is 5.69 Å². The minimum atomic E-state index is -0.339. The van der Waals surface area contributed by atoms with Crippen molar-refractivity contribution in [1.82, 2.24) is 9.78 Å². The average molecular weight is 182 g/mol. The summed E-state index contributed by atoms with van der Waals surface area (Å²) in [6.07, 6.45) is 1.77. The molecule has 0 saturated carbocycles. The normalized spacial score (nSPS) is 12.5. The number of ether oxygens (including phenoxy) is 1. The van der Waals surface area contributed by atoms with E-state index in [2.05, 4.69) is 5.10 Å². The minimum Gasteiger partial charge on any atom is -0.464 e. The molecule has 13 heavy (non-hydrogen) atoms. The monoisotopic (exact) mass is 182 g/mol. The highest BCUT2D eigenvalue weighted by molar-refractivity contribution is 5.73. The predicted molar refractivity (Wildman–Crippen MR) is 48.3 cm³/mol. The van der Waals surface area contributed by atoms with Gasteiger partial charge in [-0.2, -0.15) is 5.10 Å². The van der Waals surface area contributed by atoms with Crippen molar-refractivity contribution in [2.45, 2.75) is 26.8 Å². The quantitative estimate of drug-likeness (QED) is 0.662. The molecule has 0 aliphatic heterocycles. The topological polar surface area (TPSA) is 44.1 Å². The summed E-state index contributed by atoms with van der Waals surface area (Å²) in [5.74, 6) is -0.245. The fraction of sp³-hybridized carbons (Fsp3) is 0.556. The van der Waals surface area contributed by atoms with E-state index in [1.54, 1.807) is 24.7 Å². The molecular weight excluding hydrogens is 168 g/mol. The predicted octanol–water partition coefficient (Wildman–Crippen LogP) is 1.32. The molecule has 4 heteroatoms. The van der Waals surface area contributed by atoms with Gasteiger partial charge in [0, 0.05) is 6.20 Å². The van der Waals surface area contributed by atoms with Crippen LogP contribution < -0.4 is 0 Å². The van der Waals surface area contributed by atoms with Crippen LogP contribution in [-0.2, 0) is 9.53 Å². The summed E-state index contributed by atoms with van der Waals surface area (Å²) in [5.41, 5.74) is 0.899. The molecule has 0 unspecified atom stereocenters. The van der Waals surface area contributed by atoms with E-state index < -0.39 is 0 Å². The molecule has 0 saturated heterocycles. The third-order valence-corrected chi connectivity index (χ3v) is 1.77. The number of hydrogen-bond acceptors (Lipinski definition) is 3. The van der Waals surface area contributed by atoms with Gasteiger partial charge in [0.15, 0.2) is 0 Å². The lowest BCUT2D eigenvalue weighted by Gasteiger charge is -2.10. The van der Waals surface area contributed by atoms with Gasteiger partial charge in [-0.15, -0.1) is 0 Å². The number of rotatable bonds is 3. The molecule has 0 amide bonds. The SMILES string of the molecule is CCOC(=O)[C@H](C)n1ccc(C)n1. The van der Waals surface area contributed by atoms with Crippen LogP contribution in [0.4, 0.5) is 0 Å². The Morgan fingerprint density at radius 1 is 1.77 bits per heavy atom. The Labute approximate surface area is 77.5 Å². The molecule has 4 nitrogen and oxygen atoms in total. The summed E-state index contributed by atoms with van der Waals surface area (Å²) in [7, 11) is 0. The second-order valence-corrected chi connectivity index (χ2v) is 2.87. The first-order chi connectivity index (χ1) is 6.15. The minimum absolute atomic E-state index is 0.245. The molecule has 0 fully saturated rings. The van der Waals surface area contributed by atoms with E-state index in [1.165, 1.54) is 0 Å². The highest BCUT2D eigenvalue weighted by Gasteiger charge is 2.15. The van der Waals surface area contributed by atoms with Crippen molar-refractivity contribution in [3.05, 3.63) is 18.0 Å². The summed E-state index contributed by atoms with van der Waals surface area (Å²) < 4.78 is 6.47. The number of hydrogen-bond donors (Lipinski definition) is 0. The van der Waals surface area contributed by atoms with Crippen molar-refractivity contribution < 1.29 is 9.53 Å². The molecule has 0 radical (unpaired) electrons. The summed E-state index contributed by atoms with van der Waals surface area (Å²) in [4.78, 5) is 11.3. The third kappa shape index (κ3) is 2.31. The van der Waals surface area contributed by atoms with E-state index in [9.17, 15) is 4.79 Å². The van der Waals surface area contributed by atoms with Crippen LogP contribution >= 0.6 is 0 Å². The maximum absolute atomic E-state index is 11.3. The molecule has 0 spiro atoms. The highest BCUT2D eigenvalue weighted by Crippen LogP contribution is 2.06. The van der Waals surface area contributed by atoms with Crippen LogP contribution in [0.25, 0.3) is 0 Å². The smallest absolute Gasteiger partial charge is 0.330 e. The van der Waals surface area contributed by atoms with Crippen molar-refractivity contribution >= 4 is 5.97 Å². The summed E-state index contributed by atoms with van der Waals surface area (Å²) in [6.45, 7) is 5.85. The first-order valence-corrected chi connectivity index (χ1v) is 4.33. The largest absolute Gasteiger partial charge is 0.464 e.